The van der Waals surface area contributed by atoms with E-state index in [1.54, 1.807) is 6.07 Å². The van der Waals surface area contributed by atoms with Crippen LogP contribution in [0, 0.1) is 13.8 Å². The number of ether oxygens (including phenoxy) is 1. The van der Waals surface area contributed by atoms with Gasteiger partial charge in [0.1, 0.15) is 11.3 Å². The lowest BCUT2D eigenvalue weighted by molar-refractivity contribution is 0.0992. The predicted molar refractivity (Wildman–Crippen MR) is 164 cm³/mol. The first-order valence-electron chi connectivity index (χ1n) is 14.1. The maximum Gasteiger partial charge on any atom is 0.339 e. The van der Waals surface area contributed by atoms with Gasteiger partial charge in [-0.3, -0.25) is 4.79 Å². The number of allylic oxidation sites excluding steroid dienone is 2. The van der Waals surface area contributed by atoms with Gasteiger partial charge >= 0.3 is 5.63 Å². The smallest absolute Gasteiger partial charge is 0.339 e. The zero-order valence-corrected chi connectivity index (χ0v) is 24.0. The van der Waals surface area contributed by atoms with Crippen LogP contribution in [0.5, 0.6) is 5.75 Å². The van der Waals surface area contributed by atoms with Crippen molar-refractivity contribution in [2.24, 2.45) is 0 Å². The zero-order valence-electron chi connectivity index (χ0n) is 24.0. The number of aryl methyl sites for hydroxylation is 2. The molecule has 40 heavy (non-hydrogen) atoms. The summed E-state index contributed by atoms with van der Waals surface area (Å²) < 4.78 is 11.7. The molecular weight excluding hydrogens is 498 g/mol. The van der Waals surface area contributed by atoms with Gasteiger partial charge in [0, 0.05) is 40.7 Å². The van der Waals surface area contributed by atoms with Crippen LogP contribution in [-0.2, 0) is 12.8 Å². The van der Waals surface area contributed by atoms with Crippen LogP contribution in [0.1, 0.15) is 65.7 Å². The third-order valence-corrected chi connectivity index (χ3v) is 7.11. The normalized spacial score (nSPS) is 10.9. The molecule has 0 saturated carbocycles. The first kappa shape index (κ1) is 28.9. The van der Waals surface area contributed by atoms with E-state index in [4.69, 9.17) is 9.15 Å². The van der Waals surface area contributed by atoms with Crippen LogP contribution in [0.3, 0.4) is 0 Å². The number of fused-ring (bicyclic) bond motifs is 1. The summed E-state index contributed by atoms with van der Waals surface area (Å²) in [6, 6.07) is 21.5. The molecule has 1 aromatic heterocycles. The van der Waals surface area contributed by atoms with E-state index in [1.165, 1.54) is 5.57 Å². The minimum Gasteiger partial charge on any atom is -0.493 e. The van der Waals surface area contributed by atoms with Gasteiger partial charge < -0.3 is 14.5 Å². The maximum atomic E-state index is 13.1. The number of Topliss-reactive ketones (excluding diaryl/α,β-unsaturated/α-hetero) is 1. The lowest BCUT2D eigenvalue weighted by Crippen LogP contribution is -2.14. The summed E-state index contributed by atoms with van der Waals surface area (Å²) in [5, 5.41) is 4.21. The van der Waals surface area contributed by atoms with Crippen LogP contribution in [0.15, 0.2) is 87.6 Å². The van der Waals surface area contributed by atoms with Gasteiger partial charge in [-0.05, 0) is 101 Å². The SMILES string of the molecule is CC(C)=CCc1cc(C(=O)Cc2cc3ccc(OCCCCCNc4ccccc4)c(C)c3oc2=O)ccc1C. The second-order valence-electron chi connectivity index (χ2n) is 10.6. The molecule has 5 nitrogen and oxygen atoms in total. The molecule has 0 bridgehead atoms. The van der Waals surface area contributed by atoms with Gasteiger partial charge in [-0.25, -0.2) is 4.79 Å². The Morgan fingerprint density at radius 3 is 2.50 bits per heavy atom. The monoisotopic (exact) mass is 537 g/mol. The summed E-state index contributed by atoms with van der Waals surface area (Å²) in [6.07, 6.45) is 5.98. The van der Waals surface area contributed by atoms with Gasteiger partial charge in [-0.15, -0.1) is 0 Å². The van der Waals surface area contributed by atoms with Crippen molar-refractivity contribution in [3.8, 4) is 5.75 Å². The number of hydrogen-bond acceptors (Lipinski definition) is 5. The molecule has 3 aromatic carbocycles. The number of nitrogens with one attached hydrogen (secondary N) is 1. The number of hydrogen-bond donors (Lipinski definition) is 1. The molecule has 4 rings (SSSR count). The van der Waals surface area contributed by atoms with Gasteiger partial charge in [-0.2, -0.15) is 0 Å². The van der Waals surface area contributed by atoms with Gasteiger partial charge in [0.05, 0.1) is 6.61 Å². The first-order chi connectivity index (χ1) is 19.3. The van der Waals surface area contributed by atoms with Crippen molar-refractivity contribution in [3.63, 3.8) is 0 Å². The second-order valence-corrected chi connectivity index (χ2v) is 10.6. The number of benzene rings is 3. The molecule has 0 radical (unpaired) electrons. The molecule has 5 heteroatoms. The summed E-state index contributed by atoms with van der Waals surface area (Å²) >= 11 is 0. The lowest BCUT2D eigenvalue weighted by atomic mass is 9.97. The van der Waals surface area contributed by atoms with E-state index in [0.29, 0.717) is 29.1 Å². The summed E-state index contributed by atoms with van der Waals surface area (Å²) in [4.78, 5) is 25.9. The van der Waals surface area contributed by atoms with Crippen molar-refractivity contribution in [2.75, 3.05) is 18.5 Å². The molecule has 4 aromatic rings. The molecule has 1 heterocycles. The maximum absolute atomic E-state index is 13.1. The highest BCUT2D eigenvalue weighted by Gasteiger charge is 2.15. The topological polar surface area (TPSA) is 68.5 Å². The van der Waals surface area contributed by atoms with Gasteiger partial charge in [-0.1, -0.05) is 42.0 Å². The number of unbranched alkanes of at least 4 members (excludes halogenated alkanes) is 2. The number of carbonyl (C=O) groups is 1. The Balaban J connectivity index is 1.35. The third-order valence-electron chi connectivity index (χ3n) is 7.11. The largest absolute Gasteiger partial charge is 0.493 e. The van der Waals surface area contributed by atoms with Crippen molar-refractivity contribution < 1.29 is 13.9 Å². The van der Waals surface area contributed by atoms with Crippen molar-refractivity contribution in [2.45, 2.75) is 59.8 Å². The van der Waals surface area contributed by atoms with Crippen LogP contribution < -0.4 is 15.7 Å². The van der Waals surface area contributed by atoms with Crippen LogP contribution >= 0.6 is 0 Å². The molecule has 0 aliphatic rings. The molecule has 0 saturated heterocycles. The van der Waals surface area contributed by atoms with Gasteiger partial charge in [0.25, 0.3) is 0 Å². The molecular formula is C35H39NO4. The zero-order chi connectivity index (χ0) is 28.5. The Morgan fingerprint density at radius 2 is 1.73 bits per heavy atom. The Hall–Kier alpha value is -4.12. The molecule has 0 amide bonds. The molecule has 1 N–H and O–H groups in total. The van der Waals surface area contributed by atoms with E-state index in [2.05, 4.69) is 37.4 Å². The molecule has 0 fully saturated rings. The van der Waals surface area contributed by atoms with Crippen LogP contribution in [-0.4, -0.2) is 18.9 Å². The summed E-state index contributed by atoms with van der Waals surface area (Å²) in [7, 11) is 0. The standard InChI is InChI=1S/C35H39NO4/c1-24(2)13-15-27-21-28(16-14-25(27)3)32(37)23-30-22-29-17-18-33(26(4)34(29)40-35(30)38)39-20-10-6-9-19-36-31-11-7-5-8-12-31/h5,7-8,11-14,16-18,21-22,36H,6,9-10,15,19-20,23H2,1-4H3. The average molecular weight is 538 g/mol. The summed E-state index contributed by atoms with van der Waals surface area (Å²) in [6.45, 7) is 9.60. The van der Waals surface area contributed by atoms with Gasteiger partial charge in [0.15, 0.2) is 5.78 Å². The molecule has 0 unspecified atom stereocenters. The summed E-state index contributed by atoms with van der Waals surface area (Å²) in [5.74, 6) is 0.617. The molecule has 0 atom stereocenters. The van der Waals surface area contributed by atoms with Crippen molar-refractivity contribution in [3.05, 3.63) is 117 Å². The van der Waals surface area contributed by atoms with E-state index >= 15 is 0 Å². The fraction of sp³-hybridized carbons (Fsp3) is 0.314. The number of rotatable bonds is 13. The number of para-hydroxylation sites is 1. The van der Waals surface area contributed by atoms with Crippen molar-refractivity contribution in [1.29, 1.82) is 0 Å². The second kappa shape index (κ2) is 13.8. The van der Waals surface area contributed by atoms with Crippen molar-refractivity contribution >= 4 is 22.4 Å². The third kappa shape index (κ3) is 7.72. The average Bonchev–Trinajstić information content (AvgIpc) is 2.94. The van der Waals surface area contributed by atoms with Crippen LogP contribution in [0.4, 0.5) is 5.69 Å². The molecule has 0 aliphatic carbocycles. The number of carbonyl (C=O) groups excluding carboxylic acids is 1. The van der Waals surface area contributed by atoms with E-state index in [0.717, 1.165) is 60.0 Å². The molecule has 0 aliphatic heterocycles. The Bertz CT molecular complexity index is 1550. The Kier molecular flexibility index (Phi) is 9.96. The Labute approximate surface area is 236 Å². The summed E-state index contributed by atoms with van der Waals surface area (Å²) in [5.41, 5.74) is 6.42. The minimum absolute atomic E-state index is 0.000151. The van der Waals surface area contributed by atoms with E-state index in [9.17, 15) is 9.59 Å². The first-order valence-corrected chi connectivity index (χ1v) is 14.1. The minimum atomic E-state index is -0.483. The number of ketones is 1. The van der Waals surface area contributed by atoms with E-state index in [-0.39, 0.29) is 12.2 Å². The molecule has 208 valence electrons. The highest BCUT2D eigenvalue weighted by Crippen LogP contribution is 2.27. The molecule has 0 spiro atoms. The fourth-order valence-corrected chi connectivity index (χ4v) is 4.66. The van der Waals surface area contributed by atoms with Crippen LogP contribution in [0.25, 0.3) is 11.0 Å². The Morgan fingerprint density at radius 1 is 0.925 bits per heavy atom. The van der Waals surface area contributed by atoms with Crippen LogP contribution in [0.2, 0.25) is 0 Å². The highest BCUT2D eigenvalue weighted by molar-refractivity contribution is 5.98. The van der Waals surface area contributed by atoms with Gasteiger partial charge in [0.2, 0.25) is 0 Å². The number of anilines is 1. The quantitative estimate of drug-likeness (QED) is 0.0810. The fourth-order valence-electron chi connectivity index (χ4n) is 4.66. The highest BCUT2D eigenvalue weighted by atomic mass is 16.5. The predicted octanol–water partition coefficient (Wildman–Crippen LogP) is 8.01. The van der Waals surface area contributed by atoms with E-state index in [1.807, 2.05) is 62.4 Å². The van der Waals surface area contributed by atoms with Crippen molar-refractivity contribution in [1.82, 2.24) is 0 Å². The lowest BCUT2D eigenvalue weighted by Gasteiger charge is -2.12. The van der Waals surface area contributed by atoms with E-state index < -0.39 is 5.63 Å².